The number of carbonyl (C=O) groups is 2. The Balaban J connectivity index is 3.99. The van der Waals surface area contributed by atoms with Gasteiger partial charge in [0.2, 0.25) is 0 Å². The molecule has 18 heavy (non-hydrogen) atoms. The van der Waals surface area contributed by atoms with Crippen molar-refractivity contribution in [2.75, 3.05) is 6.61 Å². The summed E-state index contributed by atoms with van der Waals surface area (Å²) < 4.78 is 10.3. The van der Waals surface area contributed by atoms with Crippen molar-refractivity contribution in [1.29, 1.82) is 0 Å². The van der Waals surface area contributed by atoms with Crippen molar-refractivity contribution in [1.82, 2.24) is 0 Å². The molecule has 0 heterocycles. The minimum atomic E-state index is -0.334. The average Bonchev–Trinajstić information content (AvgIpc) is 2.29. The van der Waals surface area contributed by atoms with E-state index in [9.17, 15) is 9.59 Å². The van der Waals surface area contributed by atoms with Gasteiger partial charge in [-0.2, -0.15) is 0 Å². The van der Waals surface area contributed by atoms with E-state index in [1.54, 1.807) is 0 Å². The number of carbonyl (C=O) groups excluding carboxylic acids is 2. The summed E-state index contributed by atoms with van der Waals surface area (Å²) in [5.74, 6) is -0.0997. The monoisotopic (exact) mass is 258 g/mol. The number of esters is 2. The third-order valence-corrected chi connectivity index (χ3v) is 2.58. The van der Waals surface area contributed by atoms with E-state index < -0.39 is 0 Å². The van der Waals surface area contributed by atoms with E-state index in [1.165, 1.54) is 0 Å². The van der Waals surface area contributed by atoms with Crippen molar-refractivity contribution in [2.24, 2.45) is 11.8 Å². The van der Waals surface area contributed by atoms with Crippen molar-refractivity contribution in [3.63, 3.8) is 0 Å². The average molecular weight is 258 g/mol. The second-order valence-corrected chi connectivity index (χ2v) is 5.16. The molecule has 0 rings (SSSR count). The van der Waals surface area contributed by atoms with Gasteiger partial charge in [-0.1, -0.05) is 34.6 Å². The molecule has 0 unspecified atom stereocenters. The van der Waals surface area contributed by atoms with Gasteiger partial charge >= 0.3 is 11.9 Å². The van der Waals surface area contributed by atoms with E-state index in [1.807, 2.05) is 34.6 Å². The smallest absolute Gasteiger partial charge is 0.306 e. The van der Waals surface area contributed by atoms with Gasteiger partial charge in [0, 0.05) is 0 Å². The highest BCUT2D eigenvalue weighted by Gasteiger charge is 2.22. The van der Waals surface area contributed by atoms with Gasteiger partial charge < -0.3 is 9.47 Å². The van der Waals surface area contributed by atoms with Crippen molar-refractivity contribution in [3.05, 3.63) is 0 Å². The minimum absolute atomic E-state index is 0.0934. The summed E-state index contributed by atoms with van der Waals surface area (Å²) in [6.45, 7) is 10.4. The lowest BCUT2D eigenvalue weighted by atomic mass is 9.96. The molecule has 4 nitrogen and oxygen atoms in total. The number of hydrogen-bond donors (Lipinski definition) is 0. The van der Waals surface area contributed by atoms with E-state index >= 15 is 0 Å². The van der Waals surface area contributed by atoms with Crippen LogP contribution in [0.4, 0.5) is 0 Å². The van der Waals surface area contributed by atoms with E-state index in [4.69, 9.17) is 9.47 Å². The minimum Gasteiger partial charge on any atom is -0.466 e. The summed E-state index contributed by atoms with van der Waals surface area (Å²) in [5, 5.41) is 0. The maximum absolute atomic E-state index is 11.6. The topological polar surface area (TPSA) is 52.6 Å². The molecule has 0 aromatic rings. The predicted molar refractivity (Wildman–Crippen MR) is 70.0 cm³/mol. The Morgan fingerprint density at radius 3 is 1.89 bits per heavy atom. The van der Waals surface area contributed by atoms with Crippen LogP contribution in [0.1, 0.15) is 53.9 Å². The van der Waals surface area contributed by atoms with E-state index in [-0.39, 0.29) is 42.7 Å². The fourth-order valence-corrected chi connectivity index (χ4v) is 1.74. The Morgan fingerprint density at radius 2 is 1.44 bits per heavy atom. The lowest BCUT2D eigenvalue weighted by Gasteiger charge is -2.24. The third-order valence-electron chi connectivity index (χ3n) is 2.58. The lowest BCUT2D eigenvalue weighted by molar-refractivity contribution is -0.157. The Bertz CT molecular complexity index is 251. The highest BCUT2D eigenvalue weighted by molar-refractivity contribution is 5.77. The van der Waals surface area contributed by atoms with Crippen molar-refractivity contribution >= 4 is 11.9 Å². The molecule has 0 aliphatic rings. The summed E-state index contributed by atoms with van der Waals surface area (Å²) in [7, 11) is 0. The van der Waals surface area contributed by atoms with E-state index in [0.29, 0.717) is 6.61 Å². The molecule has 0 aliphatic carbocycles. The van der Waals surface area contributed by atoms with Crippen LogP contribution in [-0.4, -0.2) is 24.6 Å². The Labute approximate surface area is 110 Å². The van der Waals surface area contributed by atoms with Gasteiger partial charge in [-0.05, 0) is 18.3 Å². The van der Waals surface area contributed by atoms with Crippen molar-refractivity contribution < 1.29 is 19.1 Å². The molecule has 0 aromatic carbocycles. The number of rotatable bonds is 8. The molecule has 0 saturated carbocycles. The Kier molecular flexibility index (Phi) is 8.42. The first-order chi connectivity index (χ1) is 8.38. The molecule has 106 valence electrons. The third kappa shape index (κ3) is 7.30. The Morgan fingerprint density at radius 1 is 0.944 bits per heavy atom. The molecule has 0 aliphatic heterocycles. The largest absolute Gasteiger partial charge is 0.466 e. The van der Waals surface area contributed by atoms with Gasteiger partial charge in [0.05, 0.1) is 19.4 Å². The van der Waals surface area contributed by atoms with Crippen LogP contribution in [0.15, 0.2) is 0 Å². The zero-order chi connectivity index (χ0) is 14.1. The lowest BCUT2D eigenvalue weighted by Crippen LogP contribution is -2.29. The van der Waals surface area contributed by atoms with Gasteiger partial charge in [0.25, 0.3) is 0 Å². The van der Waals surface area contributed by atoms with Crippen LogP contribution in [0.25, 0.3) is 0 Å². The van der Waals surface area contributed by atoms with Crippen molar-refractivity contribution in [3.8, 4) is 0 Å². The van der Waals surface area contributed by atoms with Crippen LogP contribution in [0, 0.1) is 11.8 Å². The summed E-state index contributed by atoms with van der Waals surface area (Å²) >= 11 is 0. The number of ether oxygens (including phenoxy) is 2. The fraction of sp³-hybridized carbons (Fsp3) is 0.857. The molecular formula is C14H26O4. The summed E-state index contributed by atoms with van der Waals surface area (Å²) in [6.07, 6.45) is 0.892. The first-order valence-electron chi connectivity index (χ1n) is 6.73. The molecule has 0 amide bonds. The van der Waals surface area contributed by atoms with Crippen molar-refractivity contribution in [2.45, 2.75) is 60.0 Å². The van der Waals surface area contributed by atoms with Crippen LogP contribution in [0.2, 0.25) is 0 Å². The quantitative estimate of drug-likeness (QED) is 0.628. The van der Waals surface area contributed by atoms with Crippen LogP contribution in [0.5, 0.6) is 0 Å². The van der Waals surface area contributed by atoms with Crippen LogP contribution in [-0.2, 0) is 19.1 Å². The molecule has 0 bridgehead atoms. The fourth-order valence-electron chi connectivity index (χ4n) is 1.74. The second kappa shape index (κ2) is 8.95. The zero-order valence-corrected chi connectivity index (χ0v) is 12.2. The van der Waals surface area contributed by atoms with E-state index in [2.05, 4.69) is 0 Å². The SMILES string of the molecule is CCCOC(=O)CCC(=O)OC(C(C)C)C(C)C. The van der Waals surface area contributed by atoms with Gasteiger partial charge in [-0.15, -0.1) is 0 Å². The van der Waals surface area contributed by atoms with Crippen LogP contribution >= 0.6 is 0 Å². The molecule has 0 fully saturated rings. The molecule has 0 aromatic heterocycles. The highest BCUT2D eigenvalue weighted by Crippen LogP contribution is 2.17. The molecule has 0 radical (unpaired) electrons. The van der Waals surface area contributed by atoms with Crippen LogP contribution in [0.3, 0.4) is 0 Å². The Hall–Kier alpha value is -1.06. The van der Waals surface area contributed by atoms with E-state index in [0.717, 1.165) is 6.42 Å². The van der Waals surface area contributed by atoms with Crippen LogP contribution < -0.4 is 0 Å². The molecule has 0 spiro atoms. The maximum Gasteiger partial charge on any atom is 0.306 e. The van der Waals surface area contributed by atoms with Gasteiger partial charge in [-0.25, -0.2) is 0 Å². The predicted octanol–water partition coefficient (Wildman–Crippen LogP) is 2.94. The van der Waals surface area contributed by atoms with Gasteiger partial charge in [0.15, 0.2) is 0 Å². The summed E-state index contributed by atoms with van der Waals surface area (Å²) in [6, 6.07) is 0. The highest BCUT2D eigenvalue weighted by atomic mass is 16.5. The molecule has 0 saturated heterocycles. The maximum atomic E-state index is 11.6. The summed E-state index contributed by atoms with van der Waals surface area (Å²) in [4.78, 5) is 22.8. The first-order valence-corrected chi connectivity index (χ1v) is 6.73. The molecule has 0 N–H and O–H groups in total. The second-order valence-electron chi connectivity index (χ2n) is 5.16. The number of hydrogen-bond acceptors (Lipinski definition) is 4. The molecular weight excluding hydrogens is 232 g/mol. The summed E-state index contributed by atoms with van der Waals surface area (Å²) in [5.41, 5.74) is 0. The zero-order valence-electron chi connectivity index (χ0n) is 12.2. The van der Waals surface area contributed by atoms with Gasteiger partial charge in [0.1, 0.15) is 6.10 Å². The molecule has 4 heteroatoms. The standard InChI is InChI=1S/C14H26O4/c1-6-9-17-12(15)7-8-13(16)18-14(10(2)3)11(4)5/h10-11,14H,6-9H2,1-5H3. The molecule has 0 atom stereocenters. The first kappa shape index (κ1) is 16.9. The van der Waals surface area contributed by atoms with Gasteiger partial charge in [-0.3, -0.25) is 9.59 Å². The normalized spacial score (nSPS) is 11.1.